The summed E-state index contributed by atoms with van der Waals surface area (Å²) in [4.78, 5) is 15.8. The fourth-order valence-corrected chi connectivity index (χ4v) is 3.90. The first kappa shape index (κ1) is 20.3. The summed E-state index contributed by atoms with van der Waals surface area (Å²) in [6, 6.07) is 0. The van der Waals surface area contributed by atoms with Crippen LogP contribution in [-0.4, -0.2) is 29.5 Å². The van der Waals surface area contributed by atoms with Crippen molar-refractivity contribution in [3.63, 3.8) is 0 Å². The van der Waals surface area contributed by atoms with Crippen LogP contribution in [0, 0.1) is 27.7 Å². The van der Waals surface area contributed by atoms with Gasteiger partial charge in [-0.15, -0.1) is 46.7 Å². The lowest BCUT2D eigenvalue weighted by Gasteiger charge is -2.10. The molecule has 0 aliphatic heterocycles. The van der Waals surface area contributed by atoms with Crippen molar-refractivity contribution in [1.82, 2.24) is 20.6 Å². The molecule has 0 unspecified atom stereocenters. The highest BCUT2D eigenvalue weighted by Gasteiger charge is 2.06. The number of nitrogens with one attached hydrogen (secondary N) is 2. The molecule has 0 atom stereocenters. The Morgan fingerprint density at radius 2 is 1.78 bits per heavy atom. The Morgan fingerprint density at radius 3 is 2.30 bits per heavy atom. The van der Waals surface area contributed by atoms with Gasteiger partial charge >= 0.3 is 0 Å². The van der Waals surface area contributed by atoms with E-state index < -0.39 is 0 Å². The maximum atomic E-state index is 4.53. The van der Waals surface area contributed by atoms with Crippen molar-refractivity contribution in [1.29, 1.82) is 0 Å². The average Bonchev–Trinajstić information content (AvgIpc) is 2.96. The third-order valence-electron chi connectivity index (χ3n) is 3.35. The molecule has 0 saturated heterocycles. The maximum absolute atomic E-state index is 4.53. The van der Waals surface area contributed by atoms with Gasteiger partial charge < -0.3 is 10.6 Å². The molecule has 0 fully saturated rings. The topological polar surface area (TPSA) is 62.2 Å². The Morgan fingerprint density at radius 1 is 1.04 bits per heavy atom. The van der Waals surface area contributed by atoms with E-state index in [-0.39, 0.29) is 24.0 Å². The molecule has 0 aliphatic carbocycles. The first-order valence-electron chi connectivity index (χ1n) is 7.30. The molecule has 2 N–H and O–H groups in total. The minimum absolute atomic E-state index is 0. The predicted octanol–water partition coefficient (Wildman–Crippen LogP) is 3.36. The second kappa shape index (κ2) is 9.53. The Hall–Kier alpha value is -0.740. The molecule has 2 heterocycles. The molecule has 0 amide bonds. The van der Waals surface area contributed by atoms with E-state index in [1.165, 1.54) is 9.75 Å². The number of rotatable bonds is 5. The van der Waals surface area contributed by atoms with E-state index >= 15 is 0 Å². The number of hydrogen-bond donors (Lipinski definition) is 2. The molecule has 23 heavy (non-hydrogen) atoms. The van der Waals surface area contributed by atoms with E-state index in [0.717, 1.165) is 40.3 Å². The van der Waals surface area contributed by atoms with Crippen LogP contribution in [0.25, 0.3) is 0 Å². The van der Waals surface area contributed by atoms with Crippen LogP contribution in [0.5, 0.6) is 0 Å². The molecule has 0 bridgehead atoms. The van der Waals surface area contributed by atoms with Crippen LogP contribution >= 0.6 is 46.7 Å². The number of aliphatic imine (C=N–C) groups is 1. The highest BCUT2D eigenvalue weighted by Crippen LogP contribution is 2.17. The van der Waals surface area contributed by atoms with Gasteiger partial charge in [-0.3, -0.25) is 4.99 Å². The van der Waals surface area contributed by atoms with E-state index in [1.54, 1.807) is 29.7 Å². The summed E-state index contributed by atoms with van der Waals surface area (Å²) in [5.74, 6) is 0.810. The normalized spacial score (nSPS) is 11.3. The summed E-state index contributed by atoms with van der Waals surface area (Å²) in [5, 5.41) is 8.87. The zero-order valence-electron chi connectivity index (χ0n) is 14.2. The third-order valence-corrected chi connectivity index (χ3v) is 5.55. The molecule has 0 spiro atoms. The second-order valence-electron chi connectivity index (χ2n) is 5.09. The van der Waals surface area contributed by atoms with Gasteiger partial charge in [-0.25, -0.2) is 9.97 Å². The zero-order chi connectivity index (χ0) is 16.1. The summed E-state index contributed by atoms with van der Waals surface area (Å²) in [6.07, 6.45) is 0.966. The molecular weight excluding hydrogens is 441 g/mol. The molecule has 128 valence electrons. The van der Waals surface area contributed by atoms with Crippen molar-refractivity contribution >= 4 is 52.6 Å². The van der Waals surface area contributed by atoms with E-state index in [9.17, 15) is 0 Å². The molecule has 0 aliphatic rings. The van der Waals surface area contributed by atoms with Crippen molar-refractivity contribution in [3.8, 4) is 0 Å². The second-order valence-corrected chi connectivity index (χ2v) is 7.67. The monoisotopic (exact) mass is 465 g/mol. The number of aromatic nitrogens is 2. The number of halogens is 1. The number of hydrogen-bond acceptors (Lipinski definition) is 5. The molecule has 2 rings (SSSR count). The summed E-state index contributed by atoms with van der Waals surface area (Å²) >= 11 is 3.50. The van der Waals surface area contributed by atoms with E-state index in [2.05, 4.69) is 39.4 Å². The summed E-state index contributed by atoms with van der Waals surface area (Å²) in [5.41, 5.74) is 2.25. The molecule has 2 aromatic heterocycles. The van der Waals surface area contributed by atoms with Gasteiger partial charge in [0.2, 0.25) is 0 Å². The number of guanidine groups is 1. The minimum Gasteiger partial charge on any atom is -0.356 e. The van der Waals surface area contributed by atoms with Crippen molar-refractivity contribution < 1.29 is 0 Å². The highest BCUT2D eigenvalue weighted by molar-refractivity contribution is 14.0. The lowest BCUT2D eigenvalue weighted by atomic mass is 10.3. The lowest BCUT2D eigenvalue weighted by molar-refractivity contribution is 0.792. The molecule has 0 saturated carbocycles. The van der Waals surface area contributed by atoms with Crippen LogP contribution in [0.15, 0.2) is 4.99 Å². The van der Waals surface area contributed by atoms with E-state index in [1.807, 2.05) is 13.8 Å². The molecule has 2 aromatic rings. The third kappa shape index (κ3) is 6.00. The Balaban J connectivity index is 0.00000264. The van der Waals surface area contributed by atoms with Gasteiger partial charge in [0.15, 0.2) is 5.96 Å². The fourth-order valence-electron chi connectivity index (χ4n) is 2.09. The molecular formula is C15H24IN5S2. The minimum atomic E-state index is 0. The largest absolute Gasteiger partial charge is 0.356 e. The van der Waals surface area contributed by atoms with Gasteiger partial charge in [0.05, 0.1) is 22.9 Å². The van der Waals surface area contributed by atoms with E-state index in [0.29, 0.717) is 6.54 Å². The zero-order valence-corrected chi connectivity index (χ0v) is 18.2. The number of nitrogens with zero attached hydrogens (tertiary/aromatic N) is 3. The summed E-state index contributed by atoms with van der Waals surface area (Å²) < 4.78 is 0. The van der Waals surface area contributed by atoms with Crippen molar-refractivity contribution in [2.45, 2.75) is 40.7 Å². The SMILES string of the molecule is CN=C(NCCc1sc(C)nc1C)NCc1nc(C)c(C)s1.I. The van der Waals surface area contributed by atoms with Gasteiger partial charge in [0.1, 0.15) is 5.01 Å². The van der Waals surface area contributed by atoms with Crippen LogP contribution in [0.2, 0.25) is 0 Å². The quantitative estimate of drug-likeness (QED) is 0.404. The lowest BCUT2D eigenvalue weighted by Crippen LogP contribution is -2.37. The average molecular weight is 465 g/mol. The standard InChI is InChI=1S/C15H23N5S2.HI/c1-9-11(3)21-14(20-9)8-18-15(16-5)17-7-6-13-10(2)19-12(4)22-13;/h6-8H2,1-5H3,(H2,16,17,18);1H. The first-order chi connectivity index (χ1) is 10.5. The van der Waals surface area contributed by atoms with Crippen molar-refractivity contribution in [2.24, 2.45) is 4.99 Å². The van der Waals surface area contributed by atoms with Gasteiger partial charge in [-0.1, -0.05) is 0 Å². The number of thiazole rings is 2. The van der Waals surface area contributed by atoms with Crippen LogP contribution < -0.4 is 10.6 Å². The van der Waals surface area contributed by atoms with Gasteiger partial charge in [-0.05, 0) is 27.7 Å². The van der Waals surface area contributed by atoms with Crippen molar-refractivity contribution in [3.05, 3.63) is 31.2 Å². The van der Waals surface area contributed by atoms with Crippen LogP contribution in [0.4, 0.5) is 0 Å². The molecule has 0 radical (unpaired) electrons. The predicted molar refractivity (Wildman–Crippen MR) is 110 cm³/mol. The van der Waals surface area contributed by atoms with Crippen molar-refractivity contribution in [2.75, 3.05) is 13.6 Å². The maximum Gasteiger partial charge on any atom is 0.191 e. The molecule has 8 heteroatoms. The Labute approximate surface area is 163 Å². The summed E-state index contributed by atoms with van der Waals surface area (Å²) in [6.45, 7) is 9.81. The smallest absolute Gasteiger partial charge is 0.191 e. The van der Waals surface area contributed by atoms with Crippen LogP contribution in [0.1, 0.15) is 31.2 Å². The fraction of sp³-hybridized carbons (Fsp3) is 0.533. The van der Waals surface area contributed by atoms with Crippen LogP contribution in [-0.2, 0) is 13.0 Å². The highest BCUT2D eigenvalue weighted by atomic mass is 127. The van der Waals surface area contributed by atoms with Gasteiger partial charge in [-0.2, -0.15) is 0 Å². The van der Waals surface area contributed by atoms with E-state index in [4.69, 9.17) is 0 Å². The first-order valence-corrected chi connectivity index (χ1v) is 8.93. The Kier molecular flexibility index (Phi) is 8.41. The molecule has 0 aromatic carbocycles. The van der Waals surface area contributed by atoms with Gasteiger partial charge in [0, 0.05) is 29.8 Å². The number of aryl methyl sites for hydroxylation is 4. The molecule has 5 nitrogen and oxygen atoms in total. The van der Waals surface area contributed by atoms with Crippen LogP contribution in [0.3, 0.4) is 0 Å². The Bertz CT molecular complexity index is 643. The van der Waals surface area contributed by atoms with Gasteiger partial charge in [0.25, 0.3) is 0 Å². The summed E-state index contributed by atoms with van der Waals surface area (Å²) in [7, 11) is 1.79.